The van der Waals surface area contributed by atoms with Crippen LogP contribution < -0.4 is 5.32 Å². The minimum atomic E-state index is -0.350. The van der Waals surface area contributed by atoms with Gasteiger partial charge in [-0.3, -0.25) is 9.36 Å². The van der Waals surface area contributed by atoms with Crippen LogP contribution >= 0.6 is 15.9 Å². The van der Waals surface area contributed by atoms with Gasteiger partial charge in [0.05, 0.1) is 28.4 Å². The van der Waals surface area contributed by atoms with Gasteiger partial charge in [-0.05, 0) is 56.3 Å². The van der Waals surface area contributed by atoms with E-state index in [1.807, 2.05) is 44.2 Å². The molecule has 1 amide bonds. The standard InChI is InChI=1S/C21H17BrN6O/c1-3-27-19(10-13(2)26-27)25-21(29)20-24-17-11-14(12-23)4-9-18(17)28(20)16-7-5-15(22)6-8-16/h4-11H,3H2,1-2H3,(H,25,29). The molecule has 0 aliphatic heterocycles. The van der Waals surface area contributed by atoms with E-state index in [0.717, 1.165) is 21.4 Å². The van der Waals surface area contributed by atoms with Gasteiger partial charge in [0, 0.05) is 22.8 Å². The summed E-state index contributed by atoms with van der Waals surface area (Å²) in [5.41, 5.74) is 3.44. The summed E-state index contributed by atoms with van der Waals surface area (Å²) < 4.78 is 4.46. The first-order valence-electron chi connectivity index (χ1n) is 9.04. The molecule has 1 N–H and O–H groups in total. The van der Waals surface area contributed by atoms with Crippen LogP contribution in [0.1, 0.15) is 28.8 Å². The van der Waals surface area contributed by atoms with Crippen LogP contribution in [-0.2, 0) is 6.54 Å². The number of nitrogens with zero attached hydrogens (tertiary/aromatic N) is 5. The minimum absolute atomic E-state index is 0.235. The molecule has 29 heavy (non-hydrogen) atoms. The fourth-order valence-electron chi connectivity index (χ4n) is 3.21. The Morgan fingerprint density at radius 1 is 1.21 bits per heavy atom. The van der Waals surface area contributed by atoms with E-state index in [1.54, 1.807) is 27.4 Å². The fourth-order valence-corrected chi connectivity index (χ4v) is 3.48. The molecule has 144 valence electrons. The van der Waals surface area contributed by atoms with Gasteiger partial charge >= 0.3 is 0 Å². The molecule has 8 heteroatoms. The summed E-state index contributed by atoms with van der Waals surface area (Å²) in [6, 6.07) is 16.8. The Hall–Kier alpha value is -3.44. The fraction of sp³-hybridized carbons (Fsp3) is 0.143. The van der Waals surface area contributed by atoms with Crippen molar-refractivity contribution < 1.29 is 4.79 Å². The lowest BCUT2D eigenvalue weighted by molar-refractivity contribution is 0.101. The molecule has 0 aliphatic carbocycles. The number of amides is 1. The second kappa shape index (κ2) is 7.53. The number of carbonyl (C=O) groups is 1. The Kier molecular flexibility index (Phi) is 4.91. The summed E-state index contributed by atoms with van der Waals surface area (Å²) in [4.78, 5) is 17.7. The number of nitrogens with one attached hydrogen (secondary N) is 1. The minimum Gasteiger partial charge on any atom is -0.304 e. The summed E-state index contributed by atoms with van der Waals surface area (Å²) in [7, 11) is 0. The second-order valence-corrected chi connectivity index (χ2v) is 7.42. The number of rotatable bonds is 4. The van der Waals surface area contributed by atoms with E-state index in [0.29, 0.717) is 23.4 Å². The Bertz CT molecular complexity index is 1260. The van der Waals surface area contributed by atoms with Crippen molar-refractivity contribution in [2.75, 3.05) is 5.32 Å². The molecule has 2 aromatic heterocycles. The van der Waals surface area contributed by atoms with Crippen molar-refractivity contribution in [2.24, 2.45) is 0 Å². The lowest BCUT2D eigenvalue weighted by Gasteiger charge is -2.10. The predicted molar refractivity (Wildman–Crippen MR) is 114 cm³/mol. The van der Waals surface area contributed by atoms with Crippen LogP contribution in [0.25, 0.3) is 16.7 Å². The van der Waals surface area contributed by atoms with Gasteiger partial charge < -0.3 is 5.32 Å². The maximum atomic E-state index is 13.2. The number of fused-ring (bicyclic) bond motifs is 1. The van der Waals surface area contributed by atoms with Crippen molar-refractivity contribution in [3.8, 4) is 11.8 Å². The number of carbonyl (C=O) groups excluding carboxylic acids is 1. The van der Waals surface area contributed by atoms with Crippen LogP contribution in [0, 0.1) is 18.3 Å². The molecule has 0 atom stereocenters. The van der Waals surface area contributed by atoms with Gasteiger partial charge in [-0.25, -0.2) is 9.67 Å². The van der Waals surface area contributed by atoms with E-state index in [4.69, 9.17) is 0 Å². The highest BCUT2D eigenvalue weighted by Gasteiger charge is 2.21. The van der Waals surface area contributed by atoms with Crippen molar-refractivity contribution in [2.45, 2.75) is 20.4 Å². The molecule has 0 unspecified atom stereocenters. The predicted octanol–water partition coefficient (Wildman–Crippen LogP) is 4.44. The summed E-state index contributed by atoms with van der Waals surface area (Å²) >= 11 is 3.44. The molecule has 0 bridgehead atoms. The Morgan fingerprint density at radius 2 is 1.97 bits per heavy atom. The Morgan fingerprint density at radius 3 is 2.66 bits per heavy atom. The highest BCUT2D eigenvalue weighted by molar-refractivity contribution is 9.10. The van der Waals surface area contributed by atoms with Crippen molar-refractivity contribution in [1.82, 2.24) is 19.3 Å². The number of aromatic nitrogens is 4. The Labute approximate surface area is 175 Å². The van der Waals surface area contributed by atoms with Crippen LogP contribution in [0.5, 0.6) is 0 Å². The quantitative estimate of drug-likeness (QED) is 0.499. The van der Waals surface area contributed by atoms with Gasteiger partial charge in [-0.15, -0.1) is 0 Å². The molecule has 2 aromatic carbocycles. The maximum Gasteiger partial charge on any atom is 0.293 e. The lowest BCUT2D eigenvalue weighted by atomic mass is 10.2. The molecule has 7 nitrogen and oxygen atoms in total. The molecular formula is C21H17BrN6O. The van der Waals surface area contributed by atoms with E-state index in [9.17, 15) is 10.1 Å². The molecule has 2 heterocycles. The third kappa shape index (κ3) is 3.52. The van der Waals surface area contributed by atoms with Crippen LogP contribution in [0.15, 0.2) is 53.0 Å². The van der Waals surface area contributed by atoms with Crippen molar-refractivity contribution in [3.63, 3.8) is 0 Å². The average molecular weight is 449 g/mol. The van der Waals surface area contributed by atoms with Crippen LogP contribution in [-0.4, -0.2) is 25.2 Å². The smallest absolute Gasteiger partial charge is 0.293 e. The largest absolute Gasteiger partial charge is 0.304 e. The summed E-state index contributed by atoms with van der Waals surface area (Å²) in [6.07, 6.45) is 0. The van der Waals surface area contributed by atoms with Gasteiger partial charge in [0.15, 0.2) is 0 Å². The molecule has 4 aromatic rings. The molecule has 0 fully saturated rings. The molecule has 0 saturated heterocycles. The van der Waals surface area contributed by atoms with E-state index in [1.165, 1.54) is 0 Å². The SMILES string of the molecule is CCn1nc(C)cc1NC(=O)c1nc2cc(C#N)ccc2n1-c1ccc(Br)cc1. The molecule has 0 saturated carbocycles. The summed E-state index contributed by atoms with van der Waals surface area (Å²) in [5.74, 6) is 0.498. The Balaban J connectivity index is 1.86. The first-order valence-corrected chi connectivity index (χ1v) is 9.84. The molecule has 4 rings (SSSR count). The highest BCUT2D eigenvalue weighted by Crippen LogP contribution is 2.25. The topological polar surface area (TPSA) is 88.5 Å². The first-order chi connectivity index (χ1) is 14.0. The third-order valence-electron chi connectivity index (χ3n) is 4.51. The van der Waals surface area contributed by atoms with Crippen molar-refractivity contribution in [1.29, 1.82) is 5.26 Å². The van der Waals surface area contributed by atoms with Gasteiger partial charge in [0.1, 0.15) is 5.82 Å². The van der Waals surface area contributed by atoms with Crippen LogP contribution in [0.3, 0.4) is 0 Å². The van der Waals surface area contributed by atoms with Gasteiger partial charge in [0.25, 0.3) is 5.91 Å². The molecular weight excluding hydrogens is 432 g/mol. The zero-order valence-corrected chi connectivity index (χ0v) is 17.4. The van der Waals surface area contributed by atoms with Crippen LogP contribution in [0.4, 0.5) is 5.82 Å². The summed E-state index contributed by atoms with van der Waals surface area (Å²) in [5, 5.41) is 16.5. The van der Waals surface area contributed by atoms with Crippen LogP contribution in [0.2, 0.25) is 0 Å². The van der Waals surface area contributed by atoms with Gasteiger partial charge in [0.2, 0.25) is 5.82 Å². The zero-order valence-electron chi connectivity index (χ0n) is 15.8. The highest BCUT2D eigenvalue weighted by atomic mass is 79.9. The van der Waals surface area contributed by atoms with E-state index in [2.05, 4.69) is 37.4 Å². The zero-order chi connectivity index (χ0) is 20.5. The van der Waals surface area contributed by atoms with Crippen molar-refractivity contribution in [3.05, 3.63) is 70.1 Å². The number of halogens is 1. The van der Waals surface area contributed by atoms with Crippen molar-refractivity contribution >= 4 is 38.7 Å². The summed E-state index contributed by atoms with van der Waals surface area (Å²) in [6.45, 7) is 4.48. The van der Waals surface area contributed by atoms with E-state index < -0.39 is 0 Å². The number of aryl methyl sites for hydroxylation is 2. The first kappa shape index (κ1) is 18.9. The number of nitriles is 1. The van der Waals surface area contributed by atoms with E-state index in [-0.39, 0.29) is 11.7 Å². The molecule has 0 radical (unpaired) electrons. The molecule has 0 aliphatic rings. The monoisotopic (exact) mass is 448 g/mol. The number of hydrogen-bond acceptors (Lipinski definition) is 4. The normalized spacial score (nSPS) is 10.8. The lowest BCUT2D eigenvalue weighted by Crippen LogP contribution is -2.19. The number of benzene rings is 2. The average Bonchev–Trinajstić information content (AvgIpc) is 3.27. The number of anilines is 1. The van der Waals surface area contributed by atoms with Gasteiger partial charge in [-0.2, -0.15) is 10.4 Å². The third-order valence-corrected chi connectivity index (χ3v) is 5.04. The second-order valence-electron chi connectivity index (χ2n) is 6.50. The molecule has 0 spiro atoms. The van der Waals surface area contributed by atoms with Gasteiger partial charge in [-0.1, -0.05) is 15.9 Å². The maximum absolute atomic E-state index is 13.2. The number of hydrogen-bond donors (Lipinski definition) is 1. The number of imidazole rings is 1. The van der Waals surface area contributed by atoms with E-state index >= 15 is 0 Å².